The number of alkyl halides is 3. The first-order valence-corrected chi connectivity index (χ1v) is 12.8. The Bertz CT molecular complexity index is 1460. The molecule has 5 rings (SSSR count). The number of benzene rings is 3. The van der Waals surface area contributed by atoms with Crippen LogP contribution in [-0.4, -0.2) is 46.1 Å². The van der Waals surface area contributed by atoms with Gasteiger partial charge in [0.2, 0.25) is 5.82 Å². The molecule has 1 aromatic heterocycles. The summed E-state index contributed by atoms with van der Waals surface area (Å²) in [6.45, 7) is 0.851. The molecule has 1 atom stereocenters. The molecule has 1 aliphatic heterocycles. The topological polar surface area (TPSA) is 100 Å². The van der Waals surface area contributed by atoms with E-state index < -0.39 is 12.1 Å². The van der Waals surface area contributed by atoms with E-state index in [1.54, 1.807) is 29.2 Å². The lowest BCUT2D eigenvalue weighted by Gasteiger charge is -2.35. The van der Waals surface area contributed by atoms with Crippen LogP contribution in [0, 0.1) is 0 Å². The number of nitrogens with zero attached hydrogens (tertiary/aromatic N) is 3. The number of carbonyl (C=O) groups excluding carboxylic acids is 2. The van der Waals surface area contributed by atoms with Gasteiger partial charge >= 0.3 is 18.1 Å². The normalized spacial score (nSPS) is 15.5. The molecule has 11 heteroatoms. The van der Waals surface area contributed by atoms with Gasteiger partial charge in [-0.15, -0.1) is 0 Å². The van der Waals surface area contributed by atoms with Gasteiger partial charge in [0.25, 0.3) is 5.91 Å². The number of urea groups is 1. The summed E-state index contributed by atoms with van der Waals surface area (Å²) < 4.78 is 42.4. The molecule has 0 spiro atoms. The summed E-state index contributed by atoms with van der Waals surface area (Å²) in [5.74, 6) is -1.84. The second kappa shape index (κ2) is 11.6. The van der Waals surface area contributed by atoms with Crippen molar-refractivity contribution in [3.8, 4) is 22.5 Å². The maximum absolute atomic E-state index is 13.1. The summed E-state index contributed by atoms with van der Waals surface area (Å²) >= 11 is 0. The number of aromatic nitrogens is 2. The van der Waals surface area contributed by atoms with Gasteiger partial charge in [0.05, 0.1) is 6.04 Å². The minimum absolute atomic E-state index is 0.180. The molecule has 0 saturated carbocycles. The number of amides is 3. The van der Waals surface area contributed by atoms with Crippen LogP contribution in [0.5, 0.6) is 0 Å². The predicted octanol–water partition coefficient (Wildman–Crippen LogP) is 6.24. The minimum Gasteiger partial charge on any atom is -0.350 e. The molecule has 2 N–H and O–H groups in total. The Morgan fingerprint density at radius 2 is 1.57 bits per heavy atom. The fourth-order valence-electron chi connectivity index (χ4n) is 4.59. The van der Waals surface area contributed by atoms with Crippen LogP contribution in [0.4, 0.5) is 23.7 Å². The Balaban J connectivity index is 1.17. The van der Waals surface area contributed by atoms with E-state index in [0.29, 0.717) is 29.9 Å². The molecule has 1 saturated heterocycles. The highest BCUT2D eigenvalue weighted by molar-refractivity contribution is 5.95. The number of hydrogen-bond donors (Lipinski definition) is 2. The molecule has 1 unspecified atom stereocenters. The Morgan fingerprint density at radius 3 is 2.25 bits per heavy atom. The number of carbonyl (C=O) groups is 2. The van der Waals surface area contributed by atoms with Crippen molar-refractivity contribution in [2.24, 2.45) is 0 Å². The van der Waals surface area contributed by atoms with Crippen molar-refractivity contribution in [2.45, 2.75) is 31.5 Å². The van der Waals surface area contributed by atoms with Crippen molar-refractivity contribution in [3.05, 3.63) is 90.3 Å². The average molecular weight is 550 g/mol. The van der Waals surface area contributed by atoms with Crippen LogP contribution in [0.2, 0.25) is 0 Å². The molecule has 0 radical (unpaired) electrons. The number of anilines is 1. The number of nitrogens with one attached hydrogen (secondary N) is 2. The van der Waals surface area contributed by atoms with Crippen molar-refractivity contribution >= 4 is 17.6 Å². The van der Waals surface area contributed by atoms with E-state index in [-0.39, 0.29) is 23.8 Å². The van der Waals surface area contributed by atoms with E-state index >= 15 is 0 Å². The van der Waals surface area contributed by atoms with E-state index in [1.807, 2.05) is 42.5 Å². The minimum atomic E-state index is -4.73. The lowest BCUT2D eigenvalue weighted by Crippen LogP contribution is -2.50. The Labute approximate surface area is 228 Å². The summed E-state index contributed by atoms with van der Waals surface area (Å²) in [5.41, 5.74) is 3.39. The Kier molecular flexibility index (Phi) is 7.81. The van der Waals surface area contributed by atoms with Crippen molar-refractivity contribution < 1.29 is 27.3 Å². The highest BCUT2D eigenvalue weighted by atomic mass is 19.4. The zero-order valence-electron chi connectivity index (χ0n) is 21.3. The molecule has 206 valence electrons. The monoisotopic (exact) mass is 549 g/mol. The quantitative estimate of drug-likeness (QED) is 0.297. The van der Waals surface area contributed by atoms with Gasteiger partial charge in [-0.25, -0.2) is 4.79 Å². The third kappa shape index (κ3) is 6.31. The Hall–Kier alpha value is -4.67. The standard InChI is InChI=1S/C29H26F3N5O3/c30-29(31,32)27-35-25(36-40-27)21-13-15-23(16-14-21)34-28(39)37-17-5-4-8-24(37)18-33-26(38)22-11-9-20(10-12-22)19-6-2-1-3-7-19/h1-3,6-7,9-16,24H,4-5,8,17-18H2,(H,33,38)(H,34,39). The van der Waals surface area contributed by atoms with E-state index in [1.165, 1.54) is 12.1 Å². The van der Waals surface area contributed by atoms with Gasteiger partial charge in [0.15, 0.2) is 0 Å². The number of halogens is 3. The van der Waals surface area contributed by atoms with Crippen LogP contribution in [0.25, 0.3) is 22.5 Å². The second-order valence-corrected chi connectivity index (χ2v) is 9.42. The lowest BCUT2D eigenvalue weighted by molar-refractivity contribution is -0.159. The zero-order chi connectivity index (χ0) is 28.1. The molecule has 3 aromatic carbocycles. The van der Waals surface area contributed by atoms with Gasteiger partial charge in [0.1, 0.15) is 0 Å². The highest BCUT2D eigenvalue weighted by Gasteiger charge is 2.38. The van der Waals surface area contributed by atoms with Gasteiger partial charge in [-0.1, -0.05) is 47.6 Å². The SMILES string of the molecule is O=C(NCC1CCCCN1C(=O)Nc1ccc(-c2noc(C(F)(F)F)n2)cc1)c1ccc(-c2ccccc2)cc1. The number of rotatable bonds is 6. The lowest BCUT2D eigenvalue weighted by atomic mass is 10.0. The smallest absolute Gasteiger partial charge is 0.350 e. The first-order chi connectivity index (χ1) is 19.3. The van der Waals surface area contributed by atoms with E-state index in [0.717, 1.165) is 30.4 Å². The molecule has 40 heavy (non-hydrogen) atoms. The van der Waals surface area contributed by atoms with Gasteiger partial charge in [-0.05, 0) is 66.8 Å². The van der Waals surface area contributed by atoms with Gasteiger partial charge < -0.3 is 20.1 Å². The van der Waals surface area contributed by atoms with Crippen LogP contribution in [-0.2, 0) is 6.18 Å². The Morgan fingerprint density at radius 1 is 0.900 bits per heavy atom. The number of piperidine rings is 1. The van der Waals surface area contributed by atoms with Crippen LogP contribution in [0.15, 0.2) is 83.4 Å². The molecule has 1 fully saturated rings. The van der Waals surface area contributed by atoms with Crippen LogP contribution in [0.1, 0.15) is 35.5 Å². The fourth-order valence-corrected chi connectivity index (χ4v) is 4.59. The summed E-state index contributed by atoms with van der Waals surface area (Å²) in [4.78, 5) is 30.9. The van der Waals surface area contributed by atoms with Crippen LogP contribution in [0.3, 0.4) is 0 Å². The van der Waals surface area contributed by atoms with Crippen molar-refractivity contribution in [1.29, 1.82) is 0 Å². The number of hydrogen-bond acceptors (Lipinski definition) is 5. The van der Waals surface area contributed by atoms with Crippen LogP contribution < -0.4 is 10.6 Å². The predicted molar refractivity (Wildman–Crippen MR) is 142 cm³/mol. The summed E-state index contributed by atoms with van der Waals surface area (Å²) in [6, 6.07) is 22.9. The van der Waals surface area contributed by atoms with E-state index in [9.17, 15) is 22.8 Å². The van der Waals surface area contributed by atoms with E-state index in [4.69, 9.17) is 0 Å². The summed E-state index contributed by atoms with van der Waals surface area (Å²) in [6.07, 6.45) is -2.19. The third-order valence-corrected chi connectivity index (χ3v) is 6.70. The zero-order valence-corrected chi connectivity index (χ0v) is 21.3. The molecule has 3 amide bonds. The molecule has 1 aliphatic rings. The fraction of sp³-hybridized carbons (Fsp3) is 0.241. The number of likely N-dealkylation sites (tertiary alicyclic amines) is 1. The van der Waals surface area contributed by atoms with Gasteiger partial charge in [-0.2, -0.15) is 18.2 Å². The van der Waals surface area contributed by atoms with E-state index in [2.05, 4.69) is 25.3 Å². The average Bonchev–Trinajstić information content (AvgIpc) is 3.48. The van der Waals surface area contributed by atoms with Crippen molar-refractivity contribution in [1.82, 2.24) is 20.4 Å². The first-order valence-electron chi connectivity index (χ1n) is 12.8. The molecule has 0 bridgehead atoms. The maximum atomic E-state index is 13.1. The molecule has 2 heterocycles. The highest BCUT2D eigenvalue weighted by Crippen LogP contribution is 2.30. The van der Waals surface area contributed by atoms with Crippen LogP contribution >= 0.6 is 0 Å². The van der Waals surface area contributed by atoms with Crippen molar-refractivity contribution in [3.63, 3.8) is 0 Å². The third-order valence-electron chi connectivity index (χ3n) is 6.70. The molecule has 0 aliphatic carbocycles. The maximum Gasteiger partial charge on any atom is 0.471 e. The van der Waals surface area contributed by atoms with Gasteiger partial charge in [-0.3, -0.25) is 4.79 Å². The first kappa shape index (κ1) is 26.9. The molecular weight excluding hydrogens is 523 g/mol. The molecule has 4 aromatic rings. The summed E-state index contributed by atoms with van der Waals surface area (Å²) in [7, 11) is 0. The molecular formula is C29H26F3N5O3. The van der Waals surface area contributed by atoms with Gasteiger partial charge in [0, 0.05) is 29.9 Å². The molecule has 8 nitrogen and oxygen atoms in total. The second-order valence-electron chi connectivity index (χ2n) is 9.42. The summed E-state index contributed by atoms with van der Waals surface area (Å²) in [5, 5.41) is 9.14. The largest absolute Gasteiger partial charge is 0.471 e. The van der Waals surface area contributed by atoms with Crippen molar-refractivity contribution in [2.75, 3.05) is 18.4 Å².